The summed E-state index contributed by atoms with van der Waals surface area (Å²) in [7, 11) is 1.65. The van der Waals surface area contributed by atoms with Crippen LogP contribution in [0.2, 0.25) is 0 Å². The van der Waals surface area contributed by atoms with Crippen LogP contribution in [0.4, 0.5) is 9.18 Å². The van der Waals surface area contributed by atoms with Crippen molar-refractivity contribution in [2.24, 2.45) is 0 Å². The van der Waals surface area contributed by atoms with E-state index in [9.17, 15) is 23.9 Å². The van der Waals surface area contributed by atoms with Gasteiger partial charge in [0.15, 0.2) is 11.5 Å². The summed E-state index contributed by atoms with van der Waals surface area (Å²) in [6.07, 6.45) is -0.577. The van der Waals surface area contributed by atoms with Crippen LogP contribution in [0.5, 0.6) is 17.2 Å². The fraction of sp³-hybridized carbons (Fsp3) is 0.300. The summed E-state index contributed by atoms with van der Waals surface area (Å²) in [6.45, 7) is 0.501. The predicted molar refractivity (Wildman–Crippen MR) is 147 cm³/mol. The second kappa shape index (κ2) is 11.2. The normalized spacial score (nSPS) is 20.1. The van der Waals surface area contributed by atoms with Crippen LogP contribution in [0.15, 0.2) is 66.7 Å². The number of aromatic hydroxyl groups is 1. The van der Waals surface area contributed by atoms with Gasteiger partial charge in [-0.05, 0) is 53.1 Å². The Hall–Kier alpha value is -4.84. The summed E-state index contributed by atoms with van der Waals surface area (Å²) in [5.41, 5.74) is 2.28. The van der Waals surface area contributed by atoms with Gasteiger partial charge in [0.25, 0.3) is 0 Å². The van der Waals surface area contributed by atoms with Gasteiger partial charge in [0, 0.05) is 26.6 Å². The van der Waals surface area contributed by atoms with Gasteiger partial charge in [-0.3, -0.25) is 9.59 Å². The third kappa shape index (κ3) is 5.40. The van der Waals surface area contributed by atoms with E-state index in [1.54, 1.807) is 47.3 Å². The molecule has 2 atom stereocenters. The minimum Gasteiger partial charge on any atom is -0.508 e. The van der Waals surface area contributed by atoms with Crippen molar-refractivity contribution < 1.29 is 33.4 Å². The minimum atomic E-state index is -0.879. The van der Waals surface area contributed by atoms with Crippen LogP contribution in [-0.4, -0.2) is 81.9 Å². The maximum atomic E-state index is 14.0. The summed E-state index contributed by atoms with van der Waals surface area (Å²) >= 11 is 0. The molecule has 0 aromatic heterocycles. The Labute approximate surface area is 241 Å². The number of hydrogen-bond donors (Lipinski definition) is 2. The number of halogens is 1. The Balaban J connectivity index is 1.30. The highest BCUT2D eigenvalue weighted by molar-refractivity contribution is 5.91. The lowest BCUT2D eigenvalue weighted by Crippen LogP contribution is -2.76. The van der Waals surface area contributed by atoms with Crippen LogP contribution in [0.3, 0.4) is 0 Å². The molecule has 2 fully saturated rings. The zero-order valence-electron chi connectivity index (χ0n) is 22.9. The number of phenolic OH excluding ortho intramolecular Hbond substituents is 1. The molecule has 11 nitrogen and oxygen atoms in total. The summed E-state index contributed by atoms with van der Waals surface area (Å²) in [5, 5.41) is 15.6. The monoisotopic (exact) mass is 575 g/mol. The van der Waals surface area contributed by atoms with Crippen molar-refractivity contribution in [2.45, 2.75) is 31.7 Å². The number of nitrogens with zero attached hydrogens (tertiary/aromatic N) is 4. The molecule has 12 heteroatoms. The van der Waals surface area contributed by atoms with E-state index >= 15 is 0 Å². The first-order chi connectivity index (χ1) is 20.3. The van der Waals surface area contributed by atoms with E-state index in [4.69, 9.17) is 9.47 Å². The molecule has 0 spiro atoms. The molecule has 0 saturated carbocycles. The second-order valence-electron chi connectivity index (χ2n) is 10.5. The van der Waals surface area contributed by atoms with Gasteiger partial charge < -0.3 is 29.7 Å². The van der Waals surface area contributed by atoms with E-state index in [1.165, 1.54) is 34.2 Å². The molecule has 3 aromatic carbocycles. The SMILES string of the molecule is CN1CC(=O)N2[C@@H](Cc3ccc(O)cc3)C(=O)N(Cc3ccc4c(c3)OCO4)C[C@@H]2N1C(=O)NCc1ccc(F)cc1. The second-order valence-corrected chi connectivity index (χ2v) is 10.5. The first kappa shape index (κ1) is 27.3. The minimum absolute atomic E-state index is 0.0827. The third-order valence-electron chi connectivity index (χ3n) is 7.68. The maximum Gasteiger partial charge on any atom is 0.334 e. The Kier molecular flexibility index (Phi) is 7.29. The van der Waals surface area contributed by atoms with Crippen molar-refractivity contribution in [1.82, 2.24) is 25.1 Å². The van der Waals surface area contributed by atoms with E-state index in [0.29, 0.717) is 17.1 Å². The largest absolute Gasteiger partial charge is 0.508 e. The van der Waals surface area contributed by atoms with Crippen molar-refractivity contribution in [3.63, 3.8) is 0 Å². The third-order valence-corrected chi connectivity index (χ3v) is 7.68. The molecule has 42 heavy (non-hydrogen) atoms. The van der Waals surface area contributed by atoms with Crippen molar-refractivity contribution in [3.05, 3.63) is 89.2 Å². The van der Waals surface area contributed by atoms with E-state index in [0.717, 1.165) is 11.1 Å². The average molecular weight is 576 g/mol. The molecule has 2 N–H and O–H groups in total. The molecule has 0 radical (unpaired) electrons. The number of hydrogen-bond acceptors (Lipinski definition) is 7. The zero-order chi connectivity index (χ0) is 29.4. The number of likely N-dealkylation sites (N-methyl/N-ethyl adjacent to an activating group) is 1. The number of rotatable bonds is 6. The standard InChI is InChI=1S/C30H30FN5O6/c1-33-17-28(38)35-24(12-19-4-9-23(37)10-5-19)29(39)34(15-21-6-11-25-26(13-21)42-18-41-25)16-27(35)36(33)30(40)32-14-20-2-7-22(31)8-3-20/h2-11,13,24,27,37H,12,14-18H2,1H3,(H,32,40)/t24-,27-/m0/s1. The Morgan fingerprint density at radius 1 is 0.976 bits per heavy atom. The lowest BCUT2D eigenvalue weighted by atomic mass is 9.98. The van der Waals surface area contributed by atoms with E-state index in [1.807, 2.05) is 12.1 Å². The van der Waals surface area contributed by atoms with Crippen molar-refractivity contribution >= 4 is 17.8 Å². The molecule has 3 aromatic rings. The summed E-state index contributed by atoms with van der Waals surface area (Å²) in [4.78, 5) is 44.2. The molecule has 218 valence electrons. The molecular formula is C30H30FN5O6. The molecule has 0 bridgehead atoms. The van der Waals surface area contributed by atoms with Gasteiger partial charge >= 0.3 is 6.03 Å². The smallest absolute Gasteiger partial charge is 0.334 e. The number of urea groups is 1. The van der Waals surface area contributed by atoms with Gasteiger partial charge in [0.05, 0.1) is 13.1 Å². The van der Waals surface area contributed by atoms with Crippen LogP contribution in [-0.2, 0) is 29.1 Å². The van der Waals surface area contributed by atoms with E-state index in [-0.39, 0.29) is 62.8 Å². The molecule has 2 saturated heterocycles. The first-order valence-corrected chi connectivity index (χ1v) is 13.6. The maximum absolute atomic E-state index is 14.0. The molecule has 0 aliphatic carbocycles. The molecule has 3 aliphatic heterocycles. The fourth-order valence-electron chi connectivity index (χ4n) is 5.62. The number of nitrogens with one attached hydrogen (secondary N) is 1. The van der Waals surface area contributed by atoms with Gasteiger partial charge in [-0.25, -0.2) is 19.2 Å². The molecule has 3 aliphatic rings. The highest BCUT2D eigenvalue weighted by atomic mass is 19.1. The van der Waals surface area contributed by atoms with Crippen LogP contribution in [0, 0.1) is 5.82 Å². The van der Waals surface area contributed by atoms with Gasteiger partial charge in [-0.1, -0.05) is 30.3 Å². The fourth-order valence-corrected chi connectivity index (χ4v) is 5.62. The number of fused-ring (bicyclic) bond motifs is 2. The lowest BCUT2D eigenvalue weighted by molar-refractivity contribution is -0.187. The predicted octanol–water partition coefficient (Wildman–Crippen LogP) is 2.44. The quantitative estimate of drug-likeness (QED) is 0.464. The van der Waals surface area contributed by atoms with Gasteiger partial charge in [-0.15, -0.1) is 0 Å². The van der Waals surface area contributed by atoms with Gasteiger partial charge in [-0.2, -0.15) is 0 Å². The molecule has 0 unspecified atom stereocenters. The number of phenols is 1. The number of hydrazine groups is 1. The number of carbonyl (C=O) groups is 3. The molecule has 4 amide bonds. The number of piperazine rings is 1. The molecule has 3 heterocycles. The Morgan fingerprint density at radius 2 is 1.67 bits per heavy atom. The highest BCUT2D eigenvalue weighted by Gasteiger charge is 2.50. The van der Waals surface area contributed by atoms with Crippen molar-refractivity contribution in [2.75, 3.05) is 26.9 Å². The molecular weight excluding hydrogens is 545 g/mol. The topological polar surface area (TPSA) is 115 Å². The number of carbonyl (C=O) groups excluding carboxylic acids is 3. The number of amides is 4. The number of ether oxygens (including phenoxy) is 2. The first-order valence-electron chi connectivity index (χ1n) is 13.6. The van der Waals surface area contributed by atoms with Gasteiger partial charge in [0.1, 0.15) is 23.8 Å². The highest BCUT2D eigenvalue weighted by Crippen LogP contribution is 2.34. The number of benzene rings is 3. The van der Waals surface area contributed by atoms with Crippen LogP contribution in [0.25, 0.3) is 0 Å². The average Bonchev–Trinajstić information content (AvgIpc) is 3.44. The molecule has 6 rings (SSSR count). The van der Waals surface area contributed by atoms with E-state index < -0.39 is 18.2 Å². The Bertz CT molecular complexity index is 1500. The Morgan fingerprint density at radius 3 is 2.43 bits per heavy atom. The summed E-state index contributed by atoms with van der Waals surface area (Å²) in [5.74, 6) is 0.420. The van der Waals surface area contributed by atoms with Crippen LogP contribution < -0.4 is 14.8 Å². The zero-order valence-corrected chi connectivity index (χ0v) is 22.9. The summed E-state index contributed by atoms with van der Waals surface area (Å²) in [6, 6.07) is 16.4. The van der Waals surface area contributed by atoms with Crippen molar-refractivity contribution in [1.29, 1.82) is 0 Å². The van der Waals surface area contributed by atoms with Crippen LogP contribution in [0.1, 0.15) is 16.7 Å². The summed E-state index contributed by atoms with van der Waals surface area (Å²) < 4.78 is 24.3. The van der Waals surface area contributed by atoms with E-state index in [2.05, 4.69) is 5.32 Å². The lowest BCUT2D eigenvalue weighted by Gasteiger charge is -2.54. The van der Waals surface area contributed by atoms with Crippen LogP contribution >= 0.6 is 0 Å². The van der Waals surface area contributed by atoms with Gasteiger partial charge in [0.2, 0.25) is 18.6 Å². The van der Waals surface area contributed by atoms with Crippen molar-refractivity contribution in [3.8, 4) is 17.2 Å².